The number of hydrogen-bond donors (Lipinski definition) is 2. The van der Waals surface area contributed by atoms with Crippen molar-refractivity contribution in [2.24, 2.45) is 7.05 Å². The van der Waals surface area contributed by atoms with Crippen LogP contribution in [-0.4, -0.2) is 59.4 Å². The van der Waals surface area contributed by atoms with E-state index in [4.69, 9.17) is 21.3 Å². The molecule has 0 bridgehead atoms. The lowest BCUT2D eigenvalue weighted by Gasteiger charge is -2.47. The van der Waals surface area contributed by atoms with Gasteiger partial charge in [-0.3, -0.25) is 9.36 Å². The van der Waals surface area contributed by atoms with Gasteiger partial charge in [0, 0.05) is 19.3 Å². The van der Waals surface area contributed by atoms with Crippen molar-refractivity contribution in [1.82, 2.24) is 39.2 Å². The SMILES string of the molecule is CON1CC(CC#N)(n2cc(-c3nc(-c4cc(N)n(C)n4)cn4nccc34)c(N)n2)C1. The highest BCUT2D eigenvalue weighted by Gasteiger charge is 2.46. The van der Waals surface area contributed by atoms with Gasteiger partial charge >= 0.3 is 0 Å². The second-order valence-corrected chi connectivity index (χ2v) is 7.63. The van der Waals surface area contributed by atoms with Crippen LogP contribution < -0.4 is 11.5 Å². The third-order valence-electron chi connectivity index (χ3n) is 5.66. The molecule has 12 heteroatoms. The lowest BCUT2D eigenvalue weighted by molar-refractivity contribution is -0.226. The summed E-state index contributed by atoms with van der Waals surface area (Å²) in [6.07, 6.45) is 5.61. The van der Waals surface area contributed by atoms with Crippen LogP contribution in [-0.2, 0) is 17.4 Å². The average molecular weight is 419 g/mol. The maximum atomic E-state index is 9.36. The van der Waals surface area contributed by atoms with Gasteiger partial charge in [0.15, 0.2) is 5.82 Å². The van der Waals surface area contributed by atoms with Crippen molar-refractivity contribution in [2.75, 3.05) is 31.7 Å². The topological polar surface area (TPSA) is 154 Å². The lowest BCUT2D eigenvalue weighted by Crippen LogP contribution is -2.62. The van der Waals surface area contributed by atoms with Crippen LogP contribution in [0.3, 0.4) is 0 Å². The van der Waals surface area contributed by atoms with Gasteiger partial charge < -0.3 is 16.3 Å². The number of anilines is 2. The van der Waals surface area contributed by atoms with E-state index >= 15 is 0 Å². The Labute approximate surface area is 177 Å². The molecule has 0 unspecified atom stereocenters. The summed E-state index contributed by atoms with van der Waals surface area (Å²) in [6, 6.07) is 5.86. The molecule has 4 aromatic heterocycles. The number of aromatic nitrogens is 7. The molecule has 0 atom stereocenters. The van der Waals surface area contributed by atoms with Gasteiger partial charge in [-0.25, -0.2) is 9.50 Å². The summed E-state index contributed by atoms with van der Waals surface area (Å²) in [4.78, 5) is 10.1. The minimum atomic E-state index is -0.499. The van der Waals surface area contributed by atoms with Crippen LogP contribution in [0.2, 0.25) is 0 Å². The van der Waals surface area contributed by atoms with Crippen LogP contribution in [0.15, 0.2) is 30.7 Å². The largest absolute Gasteiger partial charge is 0.384 e. The Bertz CT molecular complexity index is 1300. The molecule has 0 amide bonds. The molecular weight excluding hydrogens is 398 g/mol. The predicted octanol–water partition coefficient (Wildman–Crippen LogP) is 0.644. The van der Waals surface area contributed by atoms with Crippen LogP contribution in [0, 0.1) is 11.3 Å². The fourth-order valence-corrected chi connectivity index (χ4v) is 3.89. The van der Waals surface area contributed by atoms with Crippen molar-refractivity contribution in [3.05, 3.63) is 30.7 Å². The fourth-order valence-electron chi connectivity index (χ4n) is 3.89. The van der Waals surface area contributed by atoms with Gasteiger partial charge in [-0.05, 0) is 6.07 Å². The number of nitrogens with two attached hydrogens (primary N) is 2. The van der Waals surface area contributed by atoms with Crippen LogP contribution >= 0.6 is 0 Å². The number of hydrogen-bond acceptors (Lipinski definition) is 9. The average Bonchev–Trinajstić information content (AvgIpc) is 3.43. The number of nitrogens with zero attached hydrogens (tertiary/aromatic N) is 9. The Morgan fingerprint density at radius 1 is 1.23 bits per heavy atom. The molecule has 1 fully saturated rings. The number of aryl methyl sites for hydroxylation is 1. The number of nitriles is 1. The van der Waals surface area contributed by atoms with Crippen LogP contribution in [0.25, 0.3) is 28.2 Å². The number of nitrogen functional groups attached to an aromatic ring is 2. The molecule has 5 heterocycles. The predicted molar refractivity (Wildman–Crippen MR) is 112 cm³/mol. The van der Waals surface area contributed by atoms with Gasteiger partial charge in [0.1, 0.15) is 28.4 Å². The Hall–Kier alpha value is -3.95. The third-order valence-corrected chi connectivity index (χ3v) is 5.66. The number of rotatable bonds is 5. The molecule has 0 spiro atoms. The Kier molecular flexibility index (Phi) is 4.17. The Morgan fingerprint density at radius 3 is 2.71 bits per heavy atom. The molecule has 31 heavy (non-hydrogen) atoms. The lowest BCUT2D eigenvalue weighted by atomic mass is 9.89. The molecule has 158 valence electrons. The number of hydroxylamine groups is 2. The van der Waals surface area contributed by atoms with Gasteiger partial charge in [-0.2, -0.15) is 25.6 Å². The second-order valence-electron chi connectivity index (χ2n) is 7.63. The monoisotopic (exact) mass is 419 g/mol. The van der Waals surface area contributed by atoms with Crippen molar-refractivity contribution in [1.29, 1.82) is 5.26 Å². The molecule has 0 aromatic carbocycles. The van der Waals surface area contributed by atoms with E-state index in [0.717, 1.165) is 5.52 Å². The van der Waals surface area contributed by atoms with Gasteiger partial charge in [0.2, 0.25) is 0 Å². The summed E-state index contributed by atoms with van der Waals surface area (Å²) in [5, 5.41) is 24.4. The van der Waals surface area contributed by atoms with Gasteiger partial charge in [0.25, 0.3) is 0 Å². The van der Waals surface area contributed by atoms with Crippen molar-refractivity contribution >= 4 is 17.2 Å². The molecule has 4 N–H and O–H groups in total. The van der Waals surface area contributed by atoms with Crippen molar-refractivity contribution in [3.63, 3.8) is 0 Å². The van der Waals surface area contributed by atoms with Gasteiger partial charge in [-0.1, -0.05) is 0 Å². The minimum absolute atomic E-state index is 0.288. The zero-order valence-corrected chi connectivity index (χ0v) is 17.1. The Morgan fingerprint density at radius 2 is 2.03 bits per heavy atom. The molecule has 1 aliphatic heterocycles. The molecule has 1 aliphatic rings. The summed E-state index contributed by atoms with van der Waals surface area (Å²) < 4.78 is 5.07. The molecule has 0 aliphatic carbocycles. The van der Waals surface area contributed by atoms with E-state index in [1.165, 1.54) is 0 Å². The molecule has 5 rings (SSSR count). The first-order valence-electron chi connectivity index (χ1n) is 9.60. The summed E-state index contributed by atoms with van der Waals surface area (Å²) in [7, 11) is 3.38. The van der Waals surface area contributed by atoms with Crippen molar-refractivity contribution in [2.45, 2.75) is 12.0 Å². The quantitative estimate of drug-likeness (QED) is 0.474. The molecular formula is C19H21N11O. The zero-order valence-electron chi connectivity index (χ0n) is 17.1. The van der Waals surface area contributed by atoms with E-state index in [9.17, 15) is 5.26 Å². The smallest absolute Gasteiger partial charge is 0.155 e. The van der Waals surface area contributed by atoms with Crippen LogP contribution in [0.4, 0.5) is 11.6 Å². The maximum absolute atomic E-state index is 9.36. The number of fused-ring (bicyclic) bond motifs is 1. The molecule has 0 radical (unpaired) electrons. The highest BCUT2D eigenvalue weighted by Crippen LogP contribution is 2.36. The van der Waals surface area contributed by atoms with Crippen molar-refractivity contribution < 1.29 is 4.84 Å². The summed E-state index contributed by atoms with van der Waals surface area (Å²) in [5.74, 6) is 0.846. The van der Waals surface area contributed by atoms with Crippen molar-refractivity contribution in [3.8, 4) is 28.7 Å². The van der Waals surface area contributed by atoms with E-state index in [1.54, 1.807) is 51.6 Å². The molecule has 1 saturated heterocycles. The van der Waals surface area contributed by atoms with E-state index in [0.29, 0.717) is 47.4 Å². The first kappa shape index (κ1) is 19.0. The second kappa shape index (κ2) is 6.79. The summed E-state index contributed by atoms with van der Waals surface area (Å²) >= 11 is 0. The molecule has 12 nitrogen and oxygen atoms in total. The van der Waals surface area contributed by atoms with Crippen LogP contribution in [0.1, 0.15) is 6.42 Å². The highest BCUT2D eigenvalue weighted by atomic mass is 16.7. The normalized spacial score (nSPS) is 15.8. The van der Waals surface area contributed by atoms with E-state index < -0.39 is 5.54 Å². The van der Waals surface area contributed by atoms with E-state index in [-0.39, 0.29) is 6.42 Å². The highest BCUT2D eigenvalue weighted by molar-refractivity contribution is 5.83. The maximum Gasteiger partial charge on any atom is 0.155 e. The van der Waals surface area contributed by atoms with E-state index in [2.05, 4.69) is 21.4 Å². The first-order valence-corrected chi connectivity index (χ1v) is 9.60. The van der Waals surface area contributed by atoms with Gasteiger partial charge in [-0.15, -0.1) is 0 Å². The van der Waals surface area contributed by atoms with E-state index in [1.807, 2.05) is 12.3 Å². The third kappa shape index (κ3) is 2.90. The summed E-state index contributed by atoms with van der Waals surface area (Å²) in [6.45, 7) is 1.08. The van der Waals surface area contributed by atoms with Gasteiger partial charge in [0.05, 0.1) is 56.2 Å². The summed E-state index contributed by atoms with van der Waals surface area (Å²) in [5.41, 5.74) is 15.1. The molecule has 0 saturated carbocycles. The standard InChI is InChI=1S/C19H21N11O/c1-27-16(21)7-13(25-27)14-9-29-15(3-6-23-29)17(24-14)12-8-30(26-18(12)22)19(4-5-20)10-28(11-19)31-2/h3,6-9H,4,10-11,21H2,1-2H3,(H2,22,26). The minimum Gasteiger partial charge on any atom is -0.384 e. The van der Waals surface area contributed by atoms with Crippen LogP contribution in [0.5, 0.6) is 0 Å². The molecule has 4 aromatic rings. The Balaban J connectivity index is 1.63. The fraction of sp³-hybridized carbons (Fsp3) is 0.316. The first-order chi connectivity index (χ1) is 14.9. The zero-order chi connectivity index (χ0) is 21.8.